The fourth-order valence-electron chi connectivity index (χ4n) is 1.49. The van der Waals surface area contributed by atoms with Crippen LogP contribution in [0.1, 0.15) is 20.8 Å². The average molecular weight is 442 g/mol. The van der Waals surface area contributed by atoms with Gasteiger partial charge in [0, 0.05) is 15.5 Å². The first kappa shape index (κ1) is 18.6. The molecule has 8 heteroatoms. The lowest BCUT2D eigenvalue weighted by Gasteiger charge is -2.16. The first-order valence-electron chi connectivity index (χ1n) is 6.38. The van der Waals surface area contributed by atoms with E-state index in [4.69, 9.17) is 0 Å². The van der Waals surface area contributed by atoms with Gasteiger partial charge < -0.3 is 5.32 Å². The molecule has 5 nitrogen and oxygen atoms in total. The molecule has 1 aromatic rings. The molecule has 1 aromatic carbocycles. The van der Waals surface area contributed by atoms with Crippen LogP contribution in [0.25, 0.3) is 0 Å². The minimum atomic E-state index is -3.78. The minimum absolute atomic E-state index is 0.0837. The normalized spacial score (nSPS) is 13.2. The Morgan fingerprint density at radius 1 is 1.24 bits per heavy atom. The SMILES string of the molecule is CC(C)CNC(=O)C(C)NS(=O)(=O)c1cc(Br)ccc1Br. The Morgan fingerprint density at radius 3 is 2.43 bits per heavy atom. The van der Waals surface area contributed by atoms with Crippen molar-refractivity contribution in [3.63, 3.8) is 0 Å². The molecule has 1 atom stereocenters. The molecule has 0 aliphatic heterocycles. The molecule has 0 saturated carbocycles. The van der Waals surface area contributed by atoms with Gasteiger partial charge in [-0.2, -0.15) is 4.72 Å². The van der Waals surface area contributed by atoms with E-state index in [1.807, 2.05) is 13.8 Å². The van der Waals surface area contributed by atoms with Crippen molar-refractivity contribution in [2.24, 2.45) is 5.92 Å². The van der Waals surface area contributed by atoms with Crippen molar-refractivity contribution in [3.05, 3.63) is 27.1 Å². The Bertz CT molecular complexity index is 618. The molecule has 118 valence electrons. The monoisotopic (exact) mass is 440 g/mol. The van der Waals surface area contributed by atoms with Gasteiger partial charge in [-0.15, -0.1) is 0 Å². The second kappa shape index (κ2) is 7.71. The summed E-state index contributed by atoms with van der Waals surface area (Å²) in [5.74, 6) is -0.0459. The van der Waals surface area contributed by atoms with E-state index in [1.165, 1.54) is 13.0 Å². The Balaban J connectivity index is 2.85. The molecule has 0 bridgehead atoms. The smallest absolute Gasteiger partial charge is 0.242 e. The lowest BCUT2D eigenvalue weighted by atomic mass is 10.2. The molecule has 1 rings (SSSR count). The Morgan fingerprint density at radius 2 is 1.86 bits per heavy atom. The number of carbonyl (C=O) groups is 1. The highest BCUT2D eigenvalue weighted by atomic mass is 79.9. The number of hydrogen-bond acceptors (Lipinski definition) is 3. The van der Waals surface area contributed by atoms with Crippen LogP contribution in [0.5, 0.6) is 0 Å². The average Bonchev–Trinajstić information content (AvgIpc) is 2.37. The van der Waals surface area contributed by atoms with E-state index in [2.05, 4.69) is 41.9 Å². The van der Waals surface area contributed by atoms with Crippen molar-refractivity contribution < 1.29 is 13.2 Å². The molecule has 1 unspecified atom stereocenters. The fraction of sp³-hybridized carbons (Fsp3) is 0.462. The van der Waals surface area contributed by atoms with Gasteiger partial charge in [0.15, 0.2) is 0 Å². The van der Waals surface area contributed by atoms with Gasteiger partial charge >= 0.3 is 0 Å². The maximum atomic E-state index is 12.3. The molecule has 0 aliphatic rings. The number of carbonyl (C=O) groups excluding carboxylic acids is 1. The fourth-order valence-corrected chi connectivity index (χ4v) is 4.20. The van der Waals surface area contributed by atoms with Crippen LogP contribution in [0.2, 0.25) is 0 Å². The van der Waals surface area contributed by atoms with Crippen molar-refractivity contribution in [1.82, 2.24) is 10.0 Å². The van der Waals surface area contributed by atoms with E-state index in [0.29, 0.717) is 21.4 Å². The highest BCUT2D eigenvalue weighted by molar-refractivity contribution is 9.11. The molecule has 0 aromatic heterocycles. The van der Waals surface area contributed by atoms with Crippen molar-refractivity contribution in [1.29, 1.82) is 0 Å². The zero-order valence-electron chi connectivity index (χ0n) is 12.0. The van der Waals surface area contributed by atoms with Crippen LogP contribution >= 0.6 is 31.9 Å². The van der Waals surface area contributed by atoms with Crippen LogP contribution < -0.4 is 10.0 Å². The topological polar surface area (TPSA) is 75.3 Å². The number of nitrogens with one attached hydrogen (secondary N) is 2. The van der Waals surface area contributed by atoms with E-state index in [9.17, 15) is 13.2 Å². The van der Waals surface area contributed by atoms with Gasteiger partial charge in [-0.25, -0.2) is 8.42 Å². The van der Waals surface area contributed by atoms with E-state index >= 15 is 0 Å². The number of benzene rings is 1. The summed E-state index contributed by atoms with van der Waals surface area (Å²) in [6, 6.07) is 3.98. The zero-order valence-corrected chi connectivity index (χ0v) is 16.0. The molecule has 1 amide bonds. The van der Waals surface area contributed by atoms with Gasteiger partial charge in [-0.3, -0.25) is 4.79 Å². The first-order chi connectivity index (χ1) is 9.63. The third-order valence-electron chi connectivity index (χ3n) is 2.59. The zero-order chi connectivity index (χ0) is 16.2. The van der Waals surface area contributed by atoms with Crippen molar-refractivity contribution >= 4 is 47.8 Å². The number of hydrogen-bond donors (Lipinski definition) is 2. The van der Waals surface area contributed by atoms with Crippen molar-refractivity contribution in [2.75, 3.05) is 6.54 Å². The number of sulfonamides is 1. The van der Waals surface area contributed by atoms with Crippen LogP contribution in [-0.4, -0.2) is 26.9 Å². The standard InChI is InChI=1S/C13H18Br2N2O3S/c1-8(2)7-16-13(18)9(3)17-21(19,20)12-6-10(14)4-5-11(12)15/h4-6,8-9,17H,7H2,1-3H3,(H,16,18). The molecule has 0 saturated heterocycles. The Kier molecular flexibility index (Phi) is 6.83. The maximum absolute atomic E-state index is 12.3. The number of rotatable bonds is 6. The summed E-state index contributed by atoms with van der Waals surface area (Å²) in [5.41, 5.74) is 0. The molecule has 0 fully saturated rings. The Labute approximate surface area is 142 Å². The summed E-state index contributed by atoms with van der Waals surface area (Å²) in [6.07, 6.45) is 0. The first-order valence-corrected chi connectivity index (χ1v) is 9.45. The van der Waals surface area contributed by atoms with E-state index in [-0.39, 0.29) is 10.8 Å². The van der Waals surface area contributed by atoms with Gasteiger partial charge in [0.25, 0.3) is 0 Å². The molecule has 0 spiro atoms. The second-order valence-corrected chi connectivity index (χ2v) is 8.51. The van der Waals surface area contributed by atoms with Crippen LogP contribution in [0, 0.1) is 5.92 Å². The highest BCUT2D eigenvalue weighted by Gasteiger charge is 2.24. The van der Waals surface area contributed by atoms with Crippen molar-refractivity contribution in [2.45, 2.75) is 31.7 Å². The van der Waals surface area contributed by atoms with Gasteiger partial charge in [-0.1, -0.05) is 29.8 Å². The highest BCUT2D eigenvalue weighted by Crippen LogP contribution is 2.25. The van der Waals surface area contributed by atoms with Gasteiger partial charge in [0.05, 0.1) is 10.9 Å². The van der Waals surface area contributed by atoms with Crippen LogP contribution in [0.3, 0.4) is 0 Å². The minimum Gasteiger partial charge on any atom is -0.354 e. The summed E-state index contributed by atoms with van der Waals surface area (Å²) in [5, 5.41) is 2.70. The molecule has 0 radical (unpaired) electrons. The molecule has 2 N–H and O–H groups in total. The third kappa shape index (κ3) is 5.69. The number of amides is 1. The Hall–Kier alpha value is -0.440. The van der Waals surface area contributed by atoms with E-state index < -0.39 is 16.1 Å². The maximum Gasteiger partial charge on any atom is 0.242 e. The van der Waals surface area contributed by atoms with E-state index in [1.54, 1.807) is 12.1 Å². The quantitative estimate of drug-likeness (QED) is 0.712. The predicted molar refractivity (Wildman–Crippen MR) is 89.5 cm³/mol. The summed E-state index contributed by atoms with van der Waals surface area (Å²) < 4.78 is 28.1. The molecular formula is C13H18Br2N2O3S. The van der Waals surface area contributed by atoms with Gasteiger partial charge in [-0.05, 0) is 47.0 Å². The summed E-state index contributed by atoms with van der Waals surface area (Å²) >= 11 is 6.43. The molecule has 21 heavy (non-hydrogen) atoms. The third-order valence-corrected chi connectivity index (χ3v) is 5.62. The lowest BCUT2D eigenvalue weighted by molar-refractivity contribution is -0.122. The van der Waals surface area contributed by atoms with E-state index in [0.717, 1.165) is 0 Å². The molecule has 0 heterocycles. The lowest BCUT2D eigenvalue weighted by Crippen LogP contribution is -2.45. The van der Waals surface area contributed by atoms with Gasteiger partial charge in [0.1, 0.15) is 0 Å². The van der Waals surface area contributed by atoms with Crippen LogP contribution in [0.15, 0.2) is 32.0 Å². The van der Waals surface area contributed by atoms with Gasteiger partial charge in [0.2, 0.25) is 15.9 Å². The van der Waals surface area contributed by atoms with Crippen molar-refractivity contribution in [3.8, 4) is 0 Å². The summed E-state index contributed by atoms with van der Waals surface area (Å²) in [6.45, 7) is 5.95. The summed E-state index contributed by atoms with van der Waals surface area (Å²) in [4.78, 5) is 11.9. The van der Waals surface area contributed by atoms with Crippen LogP contribution in [0.4, 0.5) is 0 Å². The summed E-state index contributed by atoms with van der Waals surface area (Å²) in [7, 11) is -3.78. The second-order valence-electron chi connectivity index (χ2n) is 5.06. The number of halogens is 2. The predicted octanol–water partition coefficient (Wildman–Crippen LogP) is 2.65. The molecule has 0 aliphatic carbocycles. The molecular weight excluding hydrogens is 424 g/mol. The largest absolute Gasteiger partial charge is 0.354 e. The van der Waals surface area contributed by atoms with Crippen LogP contribution in [-0.2, 0) is 14.8 Å².